The topological polar surface area (TPSA) is 82.1 Å². The van der Waals surface area contributed by atoms with Crippen molar-refractivity contribution in [3.63, 3.8) is 0 Å². The molecule has 0 aromatic heterocycles. The predicted octanol–water partition coefficient (Wildman–Crippen LogP) is 1.67. The Morgan fingerprint density at radius 3 is 2.35 bits per heavy atom. The van der Waals surface area contributed by atoms with Crippen molar-refractivity contribution in [2.45, 2.75) is 24.7 Å². The van der Waals surface area contributed by atoms with E-state index < -0.39 is 16.0 Å². The maximum absolute atomic E-state index is 12.8. The van der Waals surface area contributed by atoms with E-state index in [1.165, 1.54) is 30.7 Å². The first-order valence-corrected chi connectivity index (χ1v) is 8.83. The summed E-state index contributed by atoms with van der Waals surface area (Å²) in [5.41, 5.74) is 0.0629. The quantitative estimate of drug-likeness (QED) is 0.731. The SMILES string of the molecule is CCOc1cc(OC)c(S(=O)(=O)N2CCCC2)cc1C(=O)OC. The molecule has 0 aliphatic carbocycles. The third-order valence-electron chi connectivity index (χ3n) is 3.65. The highest BCUT2D eigenvalue weighted by atomic mass is 32.2. The van der Waals surface area contributed by atoms with Crippen LogP contribution in [0.4, 0.5) is 0 Å². The van der Waals surface area contributed by atoms with E-state index in [0.29, 0.717) is 19.7 Å². The van der Waals surface area contributed by atoms with Gasteiger partial charge in [-0.25, -0.2) is 13.2 Å². The molecule has 1 heterocycles. The third-order valence-corrected chi connectivity index (χ3v) is 5.57. The van der Waals surface area contributed by atoms with E-state index in [1.807, 2.05) is 0 Å². The second kappa shape index (κ2) is 7.18. The number of methoxy groups -OCH3 is 2. The summed E-state index contributed by atoms with van der Waals surface area (Å²) >= 11 is 0. The molecule has 0 unspecified atom stereocenters. The van der Waals surface area contributed by atoms with Crippen LogP contribution >= 0.6 is 0 Å². The average Bonchev–Trinajstić information content (AvgIpc) is 3.09. The van der Waals surface area contributed by atoms with Gasteiger partial charge in [0, 0.05) is 19.2 Å². The van der Waals surface area contributed by atoms with Crippen molar-refractivity contribution in [3.8, 4) is 11.5 Å². The summed E-state index contributed by atoms with van der Waals surface area (Å²) in [4.78, 5) is 11.9. The van der Waals surface area contributed by atoms with E-state index in [-0.39, 0.29) is 22.0 Å². The Balaban J connectivity index is 2.60. The summed E-state index contributed by atoms with van der Waals surface area (Å²) in [6, 6.07) is 2.68. The number of carbonyl (C=O) groups excluding carboxylic acids is 1. The van der Waals surface area contributed by atoms with Crippen LogP contribution in [0.3, 0.4) is 0 Å². The van der Waals surface area contributed by atoms with Crippen molar-refractivity contribution >= 4 is 16.0 Å². The molecule has 0 atom stereocenters. The van der Waals surface area contributed by atoms with Gasteiger partial charge in [-0.05, 0) is 25.8 Å². The number of sulfonamides is 1. The molecule has 23 heavy (non-hydrogen) atoms. The van der Waals surface area contributed by atoms with Gasteiger partial charge in [0.2, 0.25) is 10.0 Å². The minimum absolute atomic E-state index is 0.0502. The van der Waals surface area contributed by atoms with Crippen LogP contribution in [-0.4, -0.2) is 52.6 Å². The summed E-state index contributed by atoms with van der Waals surface area (Å²) in [6.45, 7) is 3.02. The molecule has 1 fully saturated rings. The lowest BCUT2D eigenvalue weighted by atomic mass is 10.2. The Morgan fingerprint density at radius 2 is 1.83 bits per heavy atom. The number of carbonyl (C=O) groups is 1. The minimum atomic E-state index is -3.73. The van der Waals surface area contributed by atoms with Crippen molar-refractivity contribution < 1.29 is 27.4 Å². The first-order chi connectivity index (χ1) is 11.0. The highest BCUT2D eigenvalue weighted by Crippen LogP contribution is 2.35. The summed E-state index contributed by atoms with van der Waals surface area (Å²) in [7, 11) is -1.12. The minimum Gasteiger partial charge on any atom is -0.495 e. The third kappa shape index (κ3) is 3.42. The lowest BCUT2D eigenvalue weighted by Gasteiger charge is -2.19. The van der Waals surface area contributed by atoms with E-state index in [0.717, 1.165) is 12.8 Å². The Morgan fingerprint density at radius 1 is 1.17 bits per heavy atom. The number of benzene rings is 1. The van der Waals surface area contributed by atoms with Gasteiger partial charge in [-0.15, -0.1) is 0 Å². The fraction of sp³-hybridized carbons (Fsp3) is 0.533. The van der Waals surface area contributed by atoms with Gasteiger partial charge < -0.3 is 14.2 Å². The molecule has 0 amide bonds. The van der Waals surface area contributed by atoms with Crippen molar-refractivity contribution in [3.05, 3.63) is 17.7 Å². The van der Waals surface area contributed by atoms with Crippen molar-refractivity contribution in [1.82, 2.24) is 4.31 Å². The Bertz CT molecular complexity index is 679. The van der Waals surface area contributed by atoms with Gasteiger partial charge in [-0.1, -0.05) is 0 Å². The second-order valence-electron chi connectivity index (χ2n) is 5.04. The zero-order valence-electron chi connectivity index (χ0n) is 13.5. The van der Waals surface area contributed by atoms with Crippen LogP contribution in [0.15, 0.2) is 17.0 Å². The average molecular weight is 343 g/mol. The predicted molar refractivity (Wildman–Crippen MR) is 83.5 cm³/mol. The van der Waals surface area contributed by atoms with E-state index in [2.05, 4.69) is 0 Å². The maximum atomic E-state index is 12.8. The lowest BCUT2D eigenvalue weighted by molar-refractivity contribution is 0.0596. The first kappa shape index (κ1) is 17.6. The Kier molecular flexibility index (Phi) is 5.48. The van der Waals surface area contributed by atoms with Gasteiger partial charge in [0.25, 0.3) is 0 Å². The van der Waals surface area contributed by atoms with E-state index in [4.69, 9.17) is 14.2 Å². The van der Waals surface area contributed by atoms with Crippen molar-refractivity contribution in [2.75, 3.05) is 33.9 Å². The van der Waals surface area contributed by atoms with Crippen LogP contribution in [-0.2, 0) is 14.8 Å². The summed E-state index contributed by atoms with van der Waals surface area (Å²) in [5.74, 6) is -0.279. The van der Waals surface area contributed by atoms with E-state index in [9.17, 15) is 13.2 Å². The number of esters is 1. The highest BCUT2D eigenvalue weighted by Gasteiger charge is 2.32. The normalized spacial score (nSPS) is 15.4. The molecule has 0 radical (unpaired) electrons. The summed E-state index contributed by atoms with van der Waals surface area (Å²) in [6.07, 6.45) is 1.64. The van der Waals surface area contributed by atoms with Crippen molar-refractivity contribution in [2.24, 2.45) is 0 Å². The van der Waals surface area contributed by atoms with Crippen molar-refractivity contribution in [1.29, 1.82) is 0 Å². The fourth-order valence-electron chi connectivity index (χ4n) is 2.51. The number of nitrogens with zero attached hydrogens (tertiary/aromatic N) is 1. The zero-order valence-corrected chi connectivity index (χ0v) is 14.3. The van der Waals surface area contributed by atoms with Crippen LogP contribution in [0.25, 0.3) is 0 Å². The van der Waals surface area contributed by atoms with E-state index in [1.54, 1.807) is 6.92 Å². The Hall–Kier alpha value is -1.80. The second-order valence-corrected chi connectivity index (χ2v) is 6.94. The molecule has 7 nitrogen and oxygen atoms in total. The number of hydrogen-bond donors (Lipinski definition) is 0. The monoisotopic (exact) mass is 343 g/mol. The molecule has 8 heteroatoms. The van der Waals surface area contributed by atoms with Gasteiger partial charge in [-0.3, -0.25) is 0 Å². The molecule has 0 spiro atoms. The number of rotatable bonds is 6. The van der Waals surface area contributed by atoms with Crippen LogP contribution < -0.4 is 9.47 Å². The van der Waals surface area contributed by atoms with Crippen LogP contribution in [0, 0.1) is 0 Å². The Labute approximate surface area is 136 Å². The smallest absolute Gasteiger partial charge is 0.341 e. The maximum Gasteiger partial charge on any atom is 0.341 e. The molecule has 2 rings (SSSR count). The zero-order chi connectivity index (χ0) is 17.0. The van der Waals surface area contributed by atoms with Gasteiger partial charge in [0.15, 0.2) is 0 Å². The molecular formula is C15H21NO6S. The largest absolute Gasteiger partial charge is 0.495 e. The van der Waals surface area contributed by atoms with Gasteiger partial charge in [0.1, 0.15) is 22.0 Å². The van der Waals surface area contributed by atoms with Gasteiger partial charge in [0.05, 0.1) is 20.8 Å². The lowest BCUT2D eigenvalue weighted by Crippen LogP contribution is -2.28. The molecule has 128 valence electrons. The van der Waals surface area contributed by atoms with Gasteiger partial charge in [-0.2, -0.15) is 4.31 Å². The number of ether oxygens (including phenoxy) is 3. The van der Waals surface area contributed by atoms with Crippen LogP contribution in [0.5, 0.6) is 11.5 Å². The molecule has 1 aliphatic heterocycles. The molecule has 1 aliphatic rings. The van der Waals surface area contributed by atoms with E-state index >= 15 is 0 Å². The highest BCUT2D eigenvalue weighted by molar-refractivity contribution is 7.89. The molecule has 0 N–H and O–H groups in total. The molecule has 0 bridgehead atoms. The molecule has 1 saturated heterocycles. The molecule has 1 aromatic carbocycles. The standard InChI is InChI=1S/C15H21NO6S/c1-4-22-12-10-13(20-2)14(9-11(12)15(17)21-3)23(18,19)16-7-5-6-8-16/h9-10H,4-8H2,1-3H3. The summed E-state index contributed by atoms with van der Waals surface area (Å²) < 4.78 is 42.3. The molecular weight excluding hydrogens is 322 g/mol. The van der Waals surface area contributed by atoms with Crippen LogP contribution in [0.1, 0.15) is 30.1 Å². The number of hydrogen-bond acceptors (Lipinski definition) is 6. The van der Waals surface area contributed by atoms with Crippen LogP contribution in [0.2, 0.25) is 0 Å². The first-order valence-electron chi connectivity index (χ1n) is 7.39. The summed E-state index contributed by atoms with van der Waals surface area (Å²) in [5, 5.41) is 0. The molecule has 0 saturated carbocycles. The van der Waals surface area contributed by atoms with Gasteiger partial charge >= 0.3 is 5.97 Å². The molecule has 1 aromatic rings. The fourth-order valence-corrected chi connectivity index (χ4v) is 4.19.